The quantitative estimate of drug-likeness (QED) is 0.747. The topological polar surface area (TPSA) is 83.6 Å². The fourth-order valence-corrected chi connectivity index (χ4v) is 1.91. The molecule has 6 nitrogen and oxygen atoms in total. The van der Waals surface area contributed by atoms with Crippen LogP contribution in [-0.4, -0.2) is 32.4 Å². The highest BCUT2D eigenvalue weighted by Crippen LogP contribution is 2.10. The van der Waals surface area contributed by atoms with Gasteiger partial charge in [0.2, 0.25) is 0 Å². The molecule has 3 heterocycles. The lowest BCUT2D eigenvalue weighted by molar-refractivity contribution is 0.0949. The van der Waals surface area contributed by atoms with Gasteiger partial charge in [0, 0.05) is 42.6 Å². The summed E-state index contributed by atoms with van der Waals surface area (Å²) in [5.74, 6) is -0.178. The van der Waals surface area contributed by atoms with E-state index < -0.39 is 0 Å². The van der Waals surface area contributed by atoms with Gasteiger partial charge in [0.05, 0.1) is 11.8 Å². The predicted octanol–water partition coefficient (Wildman–Crippen LogP) is 1.33. The van der Waals surface area contributed by atoms with Crippen LogP contribution in [0.15, 0.2) is 43.1 Å². The summed E-state index contributed by atoms with van der Waals surface area (Å²) in [7, 11) is 0. The maximum atomic E-state index is 12.0. The molecule has 0 unspecified atom stereocenters. The Morgan fingerprint density at radius 1 is 1.20 bits per heavy atom. The van der Waals surface area contributed by atoms with Gasteiger partial charge >= 0.3 is 0 Å². The summed E-state index contributed by atoms with van der Waals surface area (Å²) >= 11 is 0. The van der Waals surface area contributed by atoms with Crippen molar-refractivity contribution in [1.82, 2.24) is 25.3 Å². The summed E-state index contributed by atoms with van der Waals surface area (Å²) in [6, 6.07) is 5.34. The molecule has 3 aromatic rings. The van der Waals surface area contributed by atoms with Crippen LogP contribution in [-0.2, 0) is 6.42 Å². The fourth-order valence-electron chi connectivity index (χ4n) is 1.91. The van der Waals surface area contributed by atoms with E-state index >= 15 is 0 Å². The van der Waals surface area contributed by atoms with Crippen molar-refractivity contribution in [3.8, 4) is 0 Å². The van der Waals surface area contributed by atoms with Crippen molar-refractivity contribution >= 4 is 16.8 Å². The standard InChI is InChI=1S/C14H13N5O/c20-14(17-6-3-11-8-16-9-18-11)13-2-1-10-7-15-5-4-12(10)19-13/h1-2,4-5,7-9H,3,6H2,(H,16,18)(H,17,20). The van der Waals surface area contributed by atoms with E-state index in [-0.39, 0.29) is 5.91 Å². The Kier molecular flexibility index (Phi) is 3.36. The number of rotatable bonds is 4. The summed E-state index contributed by atoms with van der Waals surface area (Å²) < 4.78 is 0. The molecule has 0 spiro atoms. The minimum absolute atomic E-state index is 0.178. The van der Waals surface area contributed by atoms with E-state index in [4.69, 9.17) is 0 Å². The predicted molar refractivity (Wildman–Crippen MR) is 74.2 cm³/mol. The molecule has 3 aromatic heterocycles. The number of hydrogen-bond acceptors (Lipinski definition) is 4. The number of pyridine rings is 2. The largest absolute Gasteiger partial charge is 0.350 e. The summed E-state index contributed by atoms with van der Waals surface area (Å²) in [6.07, 6.45) is 7.46. The fraction of sp³-hybridized carbons (Fsp3) is 0.143. The molecule has 0 aliphatic rings. The molecule has 0 radical (unpaired) electrons. The van der Waals surface area contributed by atoms with Gasteiger partial charge in [0.25, 0.3) is 5.91 Å². The van der Waals surface area contributed by atoms with Crippen LogP contribution in [0.25, 0.3) is 10.9 Å². The molecule has 0 saturated heterocycles. The van der Waals surface area contributed by atoms with Crippen molar-refractivity contribution in [2.75, 3.05) is 6.54 Å². The van der Waals surface area contributed by atoms with Crippen LogP contribution in [0.2, 0.25) is 0 Å². The third-order valence-electron chi connectivity index (χ3n) is 2.96. The lowest BCUT2D eigenvalue weighted by atomic mass is 10.2. The average molecular weight is 267 g/mol. The second-order valence-corrected chi connectivity index (χ2v) is 4.35. The summed E-state index contributed by atoms with van der Waals surface area (Å²) in [5.41, 5.74) is 2.16. The first-order valence-electron chi connectivity index (χ1n) is 6.29. The van der Waals surface area contributed by atoms with E-state index in [9.17, 15) is 4.79 Å². The molecule has 0 aliphatic heterocycles. The Morgan fingerprint density at radius 3 is 3.00 bits per heavy atom. The van der Waals surface area contributed by atoms with Gasteiger partial charge in [-0.2, -0.15) is 0 Å². The number of nitrogens with one attached hydrogen (secondary N) is 2. The van der Waals surface area contributed by atoms with Crippen molar-refractivity contribution in [3.63, 3.8) is 0 Å². The molecule has 100 valence electrons. The number of H-pyrrole nitrogens is 1. The number of aromatic nitrogens is 4. The summed E-state index contributed by atoms with van der Waals surface area (Å²) in [5, 5.41) is 3.76. The third-order valence-corrected chi connectivity index (χ3v) is 2.96. The molecule has 2 N–H and O–H groups in total. The van der Waals surface area contributed by atoms with Gasteiger partial charge in [0.15, 0.2) is 0 Å². The molecule has 6 heteroatoms. The Balaban J connectivity index is 1.66. The number of carbonyl (C=O) groups is 1. The first kappa shape index (κ1) is 12.3. The lowest BCUT2D eigenvalue weighted by Gasteiger charge is -2.04. The van der Waals surface area contributed by atoms with Crippen molar-refractivity contribution in [3.05, 3.63) is 54.5 Å². The van der Waals surface area contributed by atoms with E-state index in [1.165, 1.54) is 0 Å². The van der Waals surface area contributed by atoms with E-state index in [2.05, 4.69) is 25.3 Å². The first-order valence-corrected chi connectivity index (χ1v) is 6.29. The SMILES string of the molecule is O=C(NCCc1cnc[nH]1)c1ccc2cnccc2n1. The number of carbonyl (C=O) groups excluding carboxylic acids is 1. The highest BCUT2D eigenvalue weighted by molar-refractivity contribution is 5.94. The molecular weight excluding hydrogens is 254 g/mol. The van der Waals surface area contributed by atoms with Crippen LogP contribution < -0.4 is 5.32 Å². The van der Waals surface area contributed by atoms with Gasteiger partial charge in [-0.25, -0.2) is 9.97 Å². The number of fused-ring (bicyclic) bond motifs is 1. The van der Waals surface area contributed by atoms with Crippen molar-refractivity contribution in [1.29, 1.82) is 0 Å². The number of aromatic amines is 1. The lowest BCUT2D eigenvalue weighted by Crippen LogP contribution is -2.26. The molecule has 3 rings (SSSR count). The third kappa shape index (κ3) is 2.64. The Morgan fingerprint density at radius 2 is 2.15 bits per heavy atom. The molecule has 0 aromatic carbocycles. The minimum atomic E-state index is -0.178. The summed E-state index contributed by atoms with van der Waals surface area (Å²) in [4.78, 5) is 27.3. The van der Waals surface area contributed by atoms with Gasteiger partial charge in [-0.1, -0.05) is 0 Å². The highest BCUT2D eigenvalue weighted by Gasteiger charge is 2.07. The van der Waals surface area contributed by atoms with E-state index in [1.54, 1.807) is 37.1 Å². The summed E-state index contributed by atoms with van der Waals surface area (Å²) in [6.45, 7) is 0.539. The molecule has 20 heavy (non-hydrogen) atoms. The van der Waals surface area contributed by atoms with Crippen LogP contribution in [0.4, 0.5) is 0 Å². The van der Waals surface area contributed by atoms with Crippen LogP contribution >= 0.6 is 0 Å². The van der Waals surface area contributed by atoms with Crippen molar-refractivity contribution < 1.29 is 4.79 Å². The average Bonchev–Trinajstić information content (AvgIpc) is 3.00. The Bertz CT molecular complexity index is 723. The number of nitrogens with zero attached hydrogens (tertiary/aromatic N) is 3. The maximum absolute atomic E-state index is 12.0. The van der Waals surface area contributed by atoms with Gasteiger partial charge in [-0.15, -0.1) is 0 Å². The number of amides is 1. The second-order valence-electron chi connectivity index (χ2n) is 4.35. The Labute approximate surface area is 115 Å². The highest BCUT2D eigenvalue weighted by atomic mass is 16.1. The number of hydrogen-bond donors (Lipinski definition) is 2. The molecule has 0 bridgehead atoms. The molecular formula is C14H13N5O. The van der Waals surface area contributed by atoms with Crippen LogP contribution in [0.3, 0.4) is 0 Å². The van der Waals surface area contributed by atoms with Crippen molar-refractivity contribution in [2.45, 2.75) is 6.42 Å². The first-order chi connectivity index (χ1) is 9.83. The normalized spacial score (nSPS) is 10.6. The zero-order valence-electron chi connectivity index (χ0n) is 10.7. The second kappa shape index (κ2) is 5.48. The molecule has 0 saturated carbocycles. The smallest absolute Gasteiger partial charge is 0.269 e. The van der Waals surface area contributed by atoms with E-state index in [1.807, 2.05) is 6.07 Å². The van der Waals surface area contributed by atoms with Crippen LogP contribution in [0, 0.1) is 0 Å². The monoisotopic (exact) mass is 267 g/mol. The zero-order chi connectivity index (χ0) is 13.8. The zero-order valence-corrected chi connectivity index (χ0v) is 10.7. The van der Waals surface area contributed by atoms with Gasteiger partial charge in [0.1, 0.15) is 5.69 Å². The van der Waals surface area contributed by atoms with Crippen LogP contribution in [0.1, 0.15) is 16.2 Å². The van der Waals surface area contributed by atoms with Crippen LogP contribution in [0.5, 0.6) is 0 Å². The minimum Gasteiger partial charge on any atom is -0.350 e. The Hall–Kier alpha value is -2.76. The van der Waals surface area contributed by atoms with E-state index in [0.717, 1.165) is 16.6 Å². The van der Waals surface area contributed by atoms with Crippen molar-refractivity contribution in [2.24, 2.45) is 0 Å². The van der Waals surface area contributed by atoms with E-state index in [0.29, 0.717) is 18.7 Å². The molecule has 0 atom stereocenters. The molecule has 0 fully saturated rings. The molecule has 0 aliphatic carbocycles. The van der Waals surface area contributed by atoms with Gasteiger partial charge in [-0.05, 0) is 18.2 Å². The van der Waals surface area contributed by atoms with Gasteiger partial charge < -0.3 is 10.3 Å². The maximum Gasteiger partial charge on any atom is 0.269 e. The number of imidazole rings is 1. The van der Waals surface area contributed by atoms with Gasteiger partial charge in [-0.3, -0.25) is 9.78 Å². The molecule has 1 amide bonds.